The molecule has 0 radical (unpaired) electrons. The van der Waals surface area contributed by atoms with Gasteiger partial charge in [0.05, 0.1) is 21.3 Å². The third-order valence-electron chi connectivity index (χ3n) is 6.85. The molecule has 9 heteroatoms. The van der Waals surface area contributed by atoms with Gasteiger partial charge in [-0.2, -0.15) is 0 Å². The van der Waals surface area contributed by atoms with Gasteiger partial charge in [-0.3, -0.25) is 4.79 Å². The molecule has 0 saturated heterocycles. The fourth-order valence-electron chi connectivity index (χ4n) is 4.55. The number of carbonyl (C=O) groups excluding carboxylic acids is 1. The number of ether oxygens (including phenoxy) is 3. The third kappa shape index (κ3) is 11.8. The molecule has 0 unspecified atom stereocenters. The molecule has 0 aliphatic rings. The van der Waals surface area contributed by atoms with Crippen molar-refractivity contribution in [2.24, 2.45) is 0 Å². The van der Waals surface area contributed by atoms with Crippen LogP contribution >= 0.6 is 0 Å². The van der Waals surface area contributed by atoms with Crippen molar-refractivity contribution in [1.29, 1.82) is 0 Å². The SMILES string of the molecule is COc1cc(/C=C/c2cc(O)cc(/C=C/c3ccc(O)c(OC)c3)c2)ccc1O.COc1cc(C=O)ccc1O.Cc1cc(C)cc(O)c1. The van der Waals surface area contributed by atoms with Crippen LogP contribution < -0.4 is 14.2 Å². The molecule has 5 rings (SSSR count). The molecule has 5 aromatic carbocycles. The number of aryl methyl sites for hydroxylation is 2. The van der Waals surface area contributed by atoms with E-state index in [1.165, 1.54) is 39.5 Å². The van der Waals surface area contributed by atoms with E-state index in [0.29, 0.717) is 34.8 Å². The van der Waals surface area contributed by atoms with Crippen molar-refractivity contribution in [3.05, 3.63) is 130 Å². The highest BCUT2D eigenvalue weighted by atomic mass is 16.5. The van der Waals surface area contributed by atoms with E-state index in [0.717, 1.165) is 33.4 Å². The van der Waals surface area contributed by atoms with Crippen LogP contribution in [0.3, 0.4) is 0 Å². The highest BCUT2D eigenvalue weighted by Gasteiger charge is 2.03. The molecule has 49 heavy (non-hydrogen) atoms. The Labute approximate surface area is 285 Å². The van der Waals surface area contributed by atoms with E-state index in [1.807, 2.05) is 50.3 Å². The number of rotatable bonds is 8. The van der Waals surface area contributed by atoms with Crippen molar-refractivity contribution in [1.82, 2.24) is 0 Å². The molecule has 0 amide bonds. The molecule has 0 bridgehead atoms. The Morgan fingerprint density at radius 2 is 0.776 bits per heavy atom. The molecule has 0 fully saturated rings. The summed E-state index contributed by atoms with van der Waals surface area (Å²) in [5.74, 6) is 1.83. The van der Waals surface area contributed by atoms with Crippen LogP contribution in [0.15, 0.2) is 91.0 Å². The number of phenolic OH excluding ortho intramolecular Hbond substituents is 5. The zero-order valence-electron chi connectivity index (χ0n) is 27.9. The number of phenols is 5. The molecule has 0 aliphatic heterocycles. The number of aldehydes is 1. The Kier molecular flexibility index (Phi) is 13.7. The van der Waals surface area contributed by atoms with Crippen LogP contribution in [0.4, 0.5) is 0 Å². The average Bonchev–Trinajstić information content (AvgIpc) is 3.07. The first-order chi connectivity index (χ1) is 23.4. The first-order valence-electron chi connectivity index (χ1n) is 15.0. The van der Waals surface area contributed by atoms with E-state index in [9.17, 15) is 20.1 Å². The van der Waals surface area contributed by atoms with Gasteiger partial charge in [0.15, 0.2) is 34.5 Å². The highest BCUT2D eigenvalue weighted by Crippen LogP contribution is 2.29. The van der Waals surface area contributed by atoms with Gasteiger partial charge in [0, 0.05) is 5.56 Å². The van der Waals surface area contributed by atoms with Gasteiger partial charge in [-0.05, 0) is 120 Å². The maximum Gasteiger partial charge on any atom is 0.161 e. The van der Waals surface area contributed by atoms with E-state index in [4.69, 9.17) is 24.4 Å². The lowest BCUT2D eigenvalue weighted by Crippen LogP contribution is -1.85. The summed E-state index contributed by atoms with van der Waals surface area (Å²) >= 11 is 0. The maximum absolute atomic E-state index is 10.2. The van der Waals surface area contributed by atoms with Crippen LogP contribution in [0.5, 0.6) is 46.0 Å². The fourth-order valence-corrected chi connectivity index (χ4v) is 4.55. The first kappa shape index (κ1) is 37.1. The summed E-state index contributed by atoms with van der Waals surface area (Å²) in [7, 11) is 4.43. The number of hydrogen-bond acceptors (Lipinski definition) is 9. The van der Waals surface area contributed by atoms with Crippen molar-refractivity contribution in [3.8, 4) is 46.0 Å². The van der Waals surface area contributed by atoms with E-state index in [2.05, 4.69) is 0 Å². The molecule has 254 valence electrons. The van der Waals surface area contributed by atoms with Crippen molar-refractivity contribution in [2.45, 2.75) is 13.8 Å². The standard InChI is InChI=1S/C24H22O5.C8H8O3.C8H10O/c1-28-23-14-16(7-9-21(23)26)3-5-18-11-19(13-20(25)12-18)6-4-17-8-10-22(27)24(15-17)29-2;1-11-8-4-6(5-9)2-3-7(8)10;1-6-3-7(2)5-8(9)4-6/h3-15,25-27H,1-2H3;2-5,10H,1H3;3-5,9H,1-2H3/b5-3+,6-4+;;. The van der Waals surface area contributed by atoms with Crippen LogP contribution in [0.2, 0.25) is 0 Å². The lowest BCUT2D eigenvalue weighted by atomic mass is 10.1. The van der Waals surface area contributed by atoms with Gasteiger partial charge in [0.2, 0.25) is 0 Å². The van der Waals surface area contributed by atoms with Crippen molar-refractivity contribution in [2.75, 3.05) is 21.3 Å². The predicted molar refractivity (Wildman–Crippen MR) is 193 cm³/mol. The zero-order chi connectivity index (χ0) is 35.9. The topological polar surface area (TPSA) is 146 Å². The Morgan fingerprint density at radius 3 is 1.14 bits per heavy atom. The second-order valence-corrected chi connectivity index (χ2v) is 10.8. The van der Waals surface area contributed by atoms with Gasteiger partial charge in [-0.25, -0.2) is 0 Å². The minimum absolute atomic E-state index is 0.0399. The maximum atomic E-state index is 10.2. The molecular formula is C40H40O9. The summed E-state index contributed by atoms with van der Waals surface area (Å²) in [6.45, 7) is 3.93. The van der Waals surface area contributed by atoms with Crippen LogP contribution in [0.1, 0.15) is 43.7 Å². The molecule has 0 spiro atoms. The highest BCUT2D eigenvalue weighted by molar-refractivity contribution is 5.77. The largest absolute Gasteiger partial charge is 0.508 e. The average molecular weight is 665 g/mol. The monoisotopic (exact) mass is 664 g/mol. The summed E-state index contributed by atoms with van der Waals surface area (Å²) in [6, 6.07) is 25.3. The van der Waals surface area contributed by atoms with Crippen LogP contribution in [0.25, 0.3) is 24.3 Å². The van der Waals surface area contributed by atoms with Gasteiger partial charge in [0.25, 0.3) is 0 Å². The summed E-state index contributed by atoms with van der Waals surface area (Å²) < 4.78 is 15.0. The number of hydrogen-bond donors (Lipinski definition) is 5. The third-order valence-corrected chi connectivity index (χ3v) is 6.85. The minimum Gasteiger partial charge on any atom is -0.508 e. The van der Waals surface area contributed by atoms with Gasteiger partial charge in [0.1, 0.15) is 17.8 Å². The predicted octanol–water partition coefficient (Wildman–Crippen LogP) is 8.38. The van der Waals surface area contributed by atoms with Gasteiger partial charge >= 0.3 is 0 Å². The Bertz CT molecular complexity index is 1790. The normalized spacial score (nSPS) is 10.5. The van der Waals surface area contributed by atoms with E-state index >= 15 is 0 Å². The molecule has 5 N–H and O–H groups in total. The van der Waals surface area contributed by atoms with E-state index < -0.39 is 0 Å². The number of methoxy groups -OCH3 is 3. The van der Waals surface area contributed by atoms with Crippen LogP contribution in [-0.2, 0) is 0 Å². The molecule has 5 aromatic rings. The molecule has 0 aromatic heterocycles. The minimum atomic E-state index is 0.0399. The smallest absolute Gasteiger partial charge is 0.161 e. The summed E-state index contributed by atoms with van der Waals surface area (Å²) in [5, 5.41) is 47.5. The number of aromatic hydroxyl groups is 5. The Balaban J connectivity index is 0.000000263. The van der Waals surface area contributed by atoms with Gasteiger partial charge in [-0.1, -0.05) is 42.5 Å². The zero-order valence-corrected chi connectivity index (χ0v) is 27.9. The molecule has 9 nitrogen and oxygen atoms in total. The van der Waals surface area contributed by atoms with Crippen molar-refractivity contribution < 1.29 is 44.5 Å². The first-order valence-corrected chi connectivity index (χ1v) is 15.0. The molecule has 0 saturated carbocycles. The van der Waals surface area contributed by atoms with Gasteiger partial charge in [-0.15, -0.1) is 0 Å². The van der Waals surface area contributed by atoms with Crippen LogP contribution in [-0.4, -0.2) is 53.1 Å². The Hall–Kier alpha value is -6.35. The fraction of sp³-hybridized carbons (Fsp3) is 0.125. The summed E-state index contributed by atoms with van der Waals surface area (Å²) in [6.07, 6.45) is 8.17. The summed E-state index contributed by atoms with van der Waals surface area (Å²) in [5.41, 5.74) is 6.05. The summed E-state index contributed by atoms with van der Waals surface area (Å²) in [4.78, 5) is 10.2. The lowest BCUT2D eigenvalue weighted by molar-refractivity contribution is 0.112. The van der Waals surface area contributed by atoms with Crippen molar-refractivity contribution >= 4 is 30.6 Å². The number of benzene rings is 5. The lowest BCUT2D eigenvalue weighted by Gasteiger charge is -2.05. The molecule has 0 aliphatic carbocycles. The quantitative estimate of drug-likeness (QED) is 0.0815. The molecule has 0 atom stereocenters. The second-order valence-electron chi connectivity index (χ2n) is 10.8. The van der Waals surface area contributed by atoms with E-state index in [-0.39, 0.29) is 23.0 Å². The molecule has 0 heterocycles. The Morgan fingerprint density at radius 1 is 0.429 bits per heavy atom. The molecular weight excluding hydrogens is 624 g/mol. The van der Waals surface area contributed by atoms with Crippen molar-refractivity contribution in [3.63, 3.8) is 0 Å². The second kappa shape index (κ2) is 18.1. The van der Waals surface area contributed by atoms with E-state index in [1.54, 1.807) is 60.7 Å². The van der Waals surface area contributed by atoms with Crippen LogP contribution in [0, 0.1) is 13.8 Å². The van der Waals surface area contributed by atoms with Gasteiger partial charge < -0.3 is 39.7 Å². The number of carbonyl (C=O) groups is 1.